The molecule has 1 aromatic rings. The number of aryl methyl sites for hydroxylation is 1. The highest BCUT2D eigenvalue weighted by Gasteiger charge is 2.25. The Morgan fingerprint density at radius 2 is 1.82 bits per heavy atom. The second kappa shape index (κ2) is 4.71. The van der Waals surface area contributed by atoms with Gasteiger partial charge in [0, 0.05) is 18.3 Å². The normalized spacial score (nSPS) is 22.4. The summed E-state index contributed by atoms with van der Waals surface area (Å²) < 4.78 is 2.42. The summed E-state index contributed by atoms with van der Waals surface area (Å²) in [6.45, 7) is 2.10. The Kier molecular flexibility index (Phi) is 3.08. The fourth-order valence-corrected chi connectivity index (χ4v) is 2.85. The third kappa shape index (κ3) is 2.64. The molecule has 2 fully saturated rings. The van der Waals surface area contributed by atoms with E-state index in [1.807, 2.05) is 0 Å². The van der Waals surface area contributed by atoms with Crippen LogP contribution >= 0.6 is 0 Å². The maximum atomic E-state index is 4.65. The van der Waals surface area contributed by atoms with Crippen molar-refractivity contribution >= 4 is 5.95 Å². The number of hydrogen-bond donors (Lipinski definition) is 1. The lowest BCUT2D eigenvalue weighted by Crippen LogP contribution is -2.13. The van der Waals surface area contributed by atoms with E-state index in [9.17, 15) is 0 Å². The monoisotopic (exact) mass is 233 g/mol. The highest BCUT2D eigenvalue weighted by Crippen LogP contribution is 2.32. The first-order chi connectivity index (χ1) is 8.33. The summed E-state index contributed by atoms with van der Waals surface area (Å²) in [4.78, 5) is 4.65. The molecule has 0 radical (unpaired) electrons. The summed E-state index contributed by atoms with van der Waals surface area (Å²) in [5, 5.41) is 3.57. The van der Waals surface area contributed by atoms with Crippen LogP contribution in [-0.2, 0) is 0 Å². The highest BCUT2D eigenvalue weighted by molar-refractivity contribution is 5.32. The molecule has 0 unspecified atom stereocenters. The molecule has 2 saturated carbocycles. The minimum absolute atomic E-state index is 0.681. The molecule has 0 amide bonds. The Labute approximate surface area is 104 Å². The van der Waals surface area contributed by atoms with Crippen molar-refractivity contribution in [3.8, 4) is 0 Å². The van der Waals surface area contributed by atoms with Crippen LogP contribution in [0.4, 0.5) is 5.95 Å². The van der Waals surface area contributed by atoms with Crippen LogP contribution in [-0.4, -0.2) is 15.6 Å². The van der Waals surface area contributed by atoms with Crippen molar-refractivity contribution in [3.63, 3.8) is 0 Å². The lowest BCUT2D eigenvalue weighted by atomic mass is 10.1. The third-order valence-electron chi connectivity index (χ3n) is 3.98. The van der Waals surface area contributed by atoms with Crippen LogP contribution < -0.4 is 5.32 Å². The van der Waals surface area contributed by atoms with Crippen molar-refractivity contribution in [3.05, 3.63) is 11.9 Å². The zero-order valence-electron chi connectivity index (χ0n) is 10.8. The van der Waals surface area contributed by atoms with E-state index in [1.54, 1.807) is 0 Å². The first kappa shape index (κ1) is 11.1. The molecule has 0 bridgehead atoms. The minimum Gasteiger partial charge on any atom is -0.353 e. The van der Waals surface area contributed by atoms with E-state index in [4.69, 9.17) is 0 Å². The zero-order chi connectivity index (χ0) is 11.7. The van der Waals surface area contributed by atoms with E-state index < -0.39 is 0 Å². The van der Waals surface area contributed by atoms with Gasteiger partial charge in [0.25, 0.3) is 0 Å². The number of hydrogen-bond acceptors (Lipinski definition) is 2. The fraction of sp³-hybridized carbons (Fsp3) is 0.786. The van der Waals surface area contributed by atoms with Crippen LogP contribution in [0, 0.1) is 6.92 Å². The number of rotatable bonds is 3. The summed E-state index contributed by atoms with van der Waals surface area (Å²) in [5.41, 5.74) is 1.15. The molecule has 0 spiro atoms. The fourth-order valence-electron chi connectivity index (χ4n) is 2.85. The average Bonchev–Trinajstić information content (AvgIpc) is 3.07. The topological polar surface area (TPSA) is 29.9 Å². The second-order valence-electron chi connectivity index (χ2n) is 5.68. The van der Waals surface area contributed by atoms with Crippen molar-refractivity contribution in [1.82, 2.24) is 9.55 Å². The van der Waals surface area contributed by atoms with E-state index in [0.717, 1.165) is 11.6 Å². The van der Waals surface area contributed by atoms with Gasteiger partial charge in [-0.05, 0) is 32.6 Å². The molecule has 0 saturated heterocycles. The smallest absolute Gasteiger partial charge is 0.203 e. The number of nitrogens with zero attached hydrogens (tertiary/aromatic N) is 2. The minimum atomic E-state index is 0.681. The van der Waals surface area contributed by atoms with Gasteiger partial charge in [0.1, 0.15) is 0 Å². The largest absolute Gasteiger partial charge is 0.353 e. The lowest BCUT2D eigenvalue weighted by molar-refractivity contribution is 0.447. The molecule has 17 heavy (non-hydrogen) atoms. The Bertz CT molecular complexity index is 371. The van der Waals surface area contributed by atoms with Crippen LogP contribution in [0.15, 0.2) is 6.20 Å². The van der Waals surface area contributed by atoms with E-state index >= 15 is 0 Å². The summed E-state index contributed by atoms with van der Waals surface area (Å²) in [6, 6.07) is 1.38. The Morgan fingerprint density at radius 1 is 1.12 bits per heavy atom. The van der Waals surface area contributed by atoms with Crippen LogP contribution in [0.5, 0.6) is 0 Å². The maximum absolute atomic E-state index is 4.65. The summed E-state index contributed by atoms with van der Waals surface area (Å²) in [6.07, 6.45) is 13.1. The Hall–Kier alpha value is -0.990. The SMILES string of the molecule is Cc1cn(C2CCCCCC2)c(NC2CC2)n1. The molecule has 3 heteroatoms. The van der Waals surface area contributed by atoms with Gasteiger partial charge in [-0.2, -0.15) is 0 Å². The molecule has 2 aliphatic rings. The molecule has 0 aromatic carbocycles. The molecule has 94 valence electrons. The highest BCUT2D eigenvalue weighted by atomic mass is 15.2. The predicted octanol–water partition coefficient (Wildman–Crippen LogP) is 3.66. The van der Waals surface area contributed by atoms with Crippen molar-refractivity contribution in [2.75, 3.05) is 5.32 Å². The van der Waals surface area contributed by atoms with E-state index in [-0.39, 0.29) is 0 Å². The van der Waals surface area contributed by atoms with Gasteiger partial charge in [0.05, 0.1) is 5.69 Å². The average molecular weight is 233 g/mol. The number of imidazole rings is 1. The molecule has 3 nitrogen and oxygen atoms in total. The molecule has 1 heterocycles. The second-order valence-corrected chi connectivity index (χ2v) is 5.68. The van der Waals surface area contributed by atoms with Crippen LogP contribution in [0.25, 0.3) is 0 Å². The van der Waals surface area contributed by atoms with E-state index in [0.29, 0.717) is 12.1 Å². The first-order valence-electron chi connectivity index (χ1n) is 7.15. The van der Waals surface area contributed by atoms with Crippen LogP contribution in [0.3, 0.4) is 0 Å². The van der Waals surface area contributed by atoms with Crippen molar-refractivity contribution in [1.29, 1.82) is 0 Å². The van der Waals surface area contributed by atoms with Gasteiger partial charge >= 0.3 is 0 Å². The molecule has 1 aromatic heterocycles. The van der Waals surface area contributed by atoms with Gasteiger partial charge in [-0.15, -0.1) is 0 Å². The quantitative estimate of drug-likeness (QED) is 0.807. The predicted molar refractivity (Wildman–Crippen MR) is 70.3 cm³/mol. The maximum Gasteiger partial charge on any atom is 0.203 e. The summed E-state index contributed by atoms with van der Waals surface area (Å²) in [5.74, 6) is 1.12. The third-order valence-corrected chi connectivity index (χ3v) is 3.98. The first-order valence-corrected chi connectivity index (χ1v) is 7.15. The van der Waals surface area contributed by atoms with Crippen molar-refractivity contribution in [2.24, 2.45) is 0 Å². The van der Waals surface area contributed by atoms with Crippen LogP contribution in [0.2, 0.25) is 0 Å². The van der Waals surface area contributed by atoms with Crippen molar-refractivity contribution in [2.45, 2.75) is 70.4 Å². The molecule has 2 aliphatic carbocycles. The molecule has 3 rings (SSSR count). The lowest BCUT2D eigenvalue weighted by Gasteiger charge is -2.19. The van der Waals surface area contributed by atoms with Gasteiger partial charge in [-0.25, -0.2) is 4.98 Å². The zero-order valence-corrected chi connectivity index (χ0v) is 10.8. The van der Waals surface area contributed by atoms with Gasteiger partial charge < -0.3 is 9.88 Å². The van der Waals surface area contributed by atoms with Gasteiger partial charge in [-0.3, -0.25) is 0 Å². The number of anilines is 1. The number of aromatic nitrogens is 2. The molecular weight excluding hydrogens is 210 g/mol. The molecule has 1 N–H and O–H groups in total. The summed E-state index contributed by atoms with van der Waals surface area (Å²) >= 11 is 0. The Morgan fingerprint density at radius 3 is 2.47 bits per heavy atom. The Balaban J connectivity index is 1.78. The number of nitrogens with one attached hydrogen (secondary N) is 1. The van der Waals surface area contributed by atoms with Crippen LogP contribution in [0.1, 0.15) is 63.1 Å². The molecule has 0 atom stereocenters. The van der Waals surface area contributed by atoms with Gasteiger partial charge in [0.2, 0.25) is 5.95 Å². The summed E-state index contributed by atoms with van der Waals surface area (Å²) in [7, 11) is 0. The van der Waals surface area contributed by atoms with Gasteiger partial charge in [-0.1, -0.05) is 25.7 Å². The van der Waals surface area contributed by atoms with Gasteiger partial charge in [0.15, 0.2) is 0 Å². The standard InChI is InChI=1S/C14H23N3/c1-11-10-17(13-6-4-2-3-5-7-13)14(15-11)16-12-8-9-12/h10,12-13H,2-9H2,1H3,(H,15,16). The van der Waals surface area contributed by atoms with E-state index in [2.05, 4.69) is 28.0 Å². The van der Waals surface area contributed by atoms with Crippen molar-refractivity contribution < 1.29 is 0 Å². The molecule has 0 aliphatic heterocycles. The molecular formula is C14H23N3. The van der Waals surface area contributed by atoms with E-state index in [1.165, 1.54) is 51.4 Å².